The zero-order chi connectivity index (χ0) is 10.9. The number of hydrogen-bond acceptors (Lipinski definition) is 4. The molecule has 4 rings (SSSR count). The molecule has 86 valence electrons. The average Bonchev–Trinajstić information content (AvgIpc) is 3.14. The van der Waals surface area contributed by atoms with Crippen molar-refractivity contribution in [3.8, 4) is 0 Å². The fourth-order valence-electron chi connectivity index (χ4n) is 3.03. The summed E-state index contributed by atoms with van der Waals surface area (Å²) >= 11 is 0. The SMILES string of the molecule is O=C1C2CC3OC3CC2C(=O)N1CC1CO1. The summed E-state index contributed by atoms with van der Waals surface area (Å²) < 4.78 is 10.5. The molecule has 4 fully saturated rings. The highest BCUT2D eigenvalue weighted by Gasteiger charge is 2.58. The minimum absolute atomic E-state index is 0.000509. The lowest BCUT2D eigenvalue weighted by molar-refractivity contribution is -0.140. The topological polar surface area (TPSA) is 62.4 Å². The van der Waals surface area contributed by atoms with Gasteiger partial charge in [-0.15, -0.1) is 0 Å². The van der Waals surface area contributed by atoms with Gasteiger partial charge in [0, 0.05) is 0 Å². The van der Waals surface area contributed by atoms with Crippen molar-refractivity contribution in [3.63, 3.8) is 0 Å². The lowest BCUT2D eigenvalue weighted by Gasteiger charge is -2.16. The van der Waals surface area contributed by atoms with Gasteiger partial charge in [0.05, 0.1) is 43.3 Å². The summed E-state index contributed by atoms with van der Waals surface area (Å²) in [5.41, 5.74) is 0. The molecule has 3 aliphatic heterocycles. The van der Waals surface area contributed by atoms with Gasteiger partial charge in [-0.3, -0.25) is 14.5 Å². The Balaban J connectivity index is 1.57. The van der Waals surface area contributed by atoms with Crippen LogP contribution in [0.5, 0.6) is 0 Å². The van der Waals surface area contributed by atoms with Gasteiger partial charge in [0.2, 0.25) is 11.8 Å². The molecule has 5 unspecified atom stereocenters. The van der Waals surface area contributed by atoms with E-state index in [1.165, 1.54) is 4.90 Å². The number of imide groups is 1. The van der Waals surface area contributed by atoms with Gasteiger partial charge in [-0.25, -0.2) is 0 Å². The Bertz CT molecular complexity index is 350. The first-order chi connectivity index (χ1) is 7.74. The lowest BCUT2D eigenvalue weighted by atomic mass is 9.81. The summed E-state index contributed by atoms with van der Waals surface area (Å²) in [5.74, 6) is -0.232. The molecule has 0 spiro atoms. The third kappa shape index (κ3) is 1.18. The molecule has 4 aliphatic rings. The van der Waals surface area contributed by atoms with E-state index in [0.717, 1.165) is 12.8 Å². The van der Waals surface area contributed by atoms with Crippen molar-refractivity contribution in [2.24, 2.45) is 11.8 Å². The smallest absolute Gasteiger partial charge is 0.233 e. The minimum atomic E-state index is -0.116. The summed E-state index contributed by atoms with van der Waals surface area (Å²) in [5, 5.41) is 0. The molecule has 5 nitrogen and oxygen atoms in total. The normalized spacial score (nSPS) is 49.0. The lowest BCUT2D eigenvalue weighted by Crippen LogP contribution is -2.34. The fraction of sp³-hybridized carbons (Fsp3) is 0.818. The molecular formula is C11H13NO4. The summed E-state index contributed by atoms with van der Waals surface area (Å²) in [6, 6.07) is 0. The number of carbonyl (C=O) groups is 2. The number of fused-ring (bicyclic) bond motifs is 2. The molecule has 1 aliphatic carbocycles. The predicted molar refractivity (Wildman–Crippen MR) is 51.3 cm³/mol. The molecule has 3 saturated heterocycles. The van der Waals surface area contributed by atoms with Crippen LogP contribution in [0.4, 0.5) is 0 Å². The van der Waals surface area contributed by atoms with E-state index in [1.54, 1.807) is 0 Å². The van der Waals surface area contributed by atoms with Gasteiger partial charge < -0.3 is 9.47 Å². The van der Waals surface area contributed by atoms with Crippen molar-refractivity contribution < 1.29 is 19.1 Å². The standard InChI is InChI=1S/C11H13NO4/c13-10-6-1-8-9(16-8)2-7(6)11(14)12(10)3-5-4-15-5/h5-9H,1-4H2. The molecule has 5 heteroatoms. The maximum absolute atomic E-state index is 12.1. The Labute approximate surface area is 92.7 Å². The summed E-state index contributed by atoms with van der Waals surface area (Å²) in [7, 11) is 0. The van der Waals surface area contributed by atoms with E-state index in [1.807, 2.05) is 0 Å². The number of amides is 2. The van der Waals surface area contributed by atoms with Gasteiger partial charge in [0.1, 0.15) is 0 Å². The van der Waals surface area contributed by atoms with Gasteiger partial charge >= 0.3 is 0 Å². The van der Waals surface area contributed by atoms with Crippen LogP contribution in [0.25, 0.3) is 0 Å². The van der Waals surface area contributed by atoms with E-state index >= 15 is 0 Å². The number of rotatable bonds is 2. The first-order valence-corrected chi connectivity index (χ1v) is 5.86. The largest absolute Gasteiger partial charge is 0.371 e. The molecule has 0 radical (unpaired) electrons. The molecule has 3 heterocycles. The Hall–Kier alpha value is -0.940. The van der Waals surface area contributed by atoms with Crippen molar-refractivity contribution in [1.82, 2.24) is 4.90 Å². The predicted octanol–water partition coefficient (Wildman–Crippen LogP) is -0.452. The molecule has 0 N–H and O–H groups in total. The van der Waals surface area contributed by atoms with Gasteiger partial charge in [0.15, 0.2) is 0 Å². The Morgan fingerprint density at radius 1 is 1.12 bits per heavy atom. The van der Waals surface area contributed by atoms with Crippen LogP contribution in [-0.4, -0.2) is 48.2 Å². The number of hydrogen-bond donors (Lipinski definition) is 0. The molecule has 0 aromatic rings. The van der Waals surface area contributed by atoms with Crippen molar-refractivity contribution in [2.45, 2.75) is 31.2 Å². The molecule has 16 heavy (non-hydrogen) atoms. The molecular weight excluding hydrogens is 210 g/mol. The van der Waals surface area contributed by atoms with E-state index < -0.39 is 0 Å². The third-order valence-corrected chi connectivity index (χ3v) is 4.10. The molecule has 0 aromatic heterocycles. The Morgan fingerprint density at radius 3 is 2.19 bits per heavy atom. The second-order valence-corrected chi connectivity index (χ2v) is 5.14. The van der Waals surface area contributed by atoms with Gasteiger partial charge in [0.25, 0.3) is 0 Å². The number of epoxide rings is 2. The monoisotopic (exact) mass is 223 g/mol. The van der Waals surface area contributed by atoms with Crippen LogP contribution in [0, 0.1) is 11.8 Å². The third-order valence-electron chi connectivity index (χ3n) is 4.10. The number of nitrogens with zero attached hydrogens (tertiary/aromatic N) is 1. The summed E-state index contributed by atoms with van der Waals surface area (Å²) in [6.45, 7) is 1.14. The van der Waals surface area contributed by atoms with E-state index in [2.05, 4.69) is 0 Å². The van der Waals surface area contributed by atoms with Gasteiger partial charge in [-0.2, -0.15) is 0 Å². The summed E-state index contributed by atoms with van der Waals surface area (Å²) in [6.07, 6.45) is 2.06. The first kappa shape index (κ1) is 9.13. The Morgan fingerprint density at radius 2 is 1.69 bits per heavy atom. The zero-order valence-electron chi connectivity index (χ0n) is 8.80. The van der Waals surface area contributed by atoms with Crippen LogP contribution < -0.4 is 0 Å². The van der Waals surface area contributed by atoms with Crippen LogP contribution in [0.2, 0.25) is 0 Å². The highest BCUT2D eigenvalue weighted by atomic mass is 16.6. The van der Waals surface area contributed by atoms with Crippen LogP contribution >= 0.6 is 0 Å². The quantitative estimate of drug-likeness (QED) is 0.470. The molecule has 0 bridgehead atoms. The minimum Gasteiger partial charge on any atom is -0.371 e. The Kier molecular flexibility index (Phi) is 1.62. The number of carbonyl (C=O) groups excluding carboxylic acids is 2. The zero-order valence-corrected chi connectivity index (χ0v) is 8.80. The fourth-order valence-corrected chi connectivity index (χ4v) is 3.03. The molecule has 2 amide bonds. The maximum Gasteiger partial charge on any atom is 0.233 e. The maximum atomic E-state index is 12.1. The first-order valence-electron chi connectivity index (χ1n) is 5.86. The second kappa shape index (κ2) is 2.84. The summed E-state index contributed by atoms with van der Waals surface area (Å²) in [4.78, 5) is 25.6. The van der Waals surface area contributed by atoms with Crippen LogP contribution in [-0.2, 0) is 19.1 Å². The van der Waals surface area contributed by atoms with E-state index in [-0.39, 0.29) is 42.0 Å². The highest BCUT2D eigenvalue weighted by Crippen LogP contribution is 2.47. The molecule has 1 saturated carbocycles. The van der Waals surface area contributed by atoms with Gasteiger partial charge in [-0.05, 0) is 12.8 Å². The molecule has 0 aromatic carbocycles. The van der Waals surface area contributed by atoms with Crippen molar-refractivity contribution in [2.75, 3.05) is 13.2 Å². The average molecular weight is 223 g/mol. The van der Waals surface area contributed by atoms with E-state index in [4.69, 9.17) is 9.47 Å². The van der Waals surface area contributed by atoms with E-state index in [0.29, 0.717) is 13.2 Å². The van der Waals surface area contributed by atoms with Gasteiger partial charge in [-0.1, -0.05) is 0 Å². The number of likely N-dealkylation sites (tertiary alicyclic amines) is 1. The van der Waals surface area contributed by atoms with E-state index in [9.17, 15) is 9.59 Å². The van der Waals surface area contributed by atoms with Crippen molar-refractivity contribution in [1.29, 1.82) is 0 Å². The number of ether oxygens (including phenoxy) is 2. The second-order valence-electron chi connectivity index (χ2n) is 5.14. The molecule has 5 atom stereocenters. The van der Waals surface area contributed by atoms with Crippen LogP contribution in [0.1, 0.15) is 12.8 Å². The van der Waals surface area contributed by atoms with Crippen molar-refractivity contribution >= 4 is 11.8 Å². The van der Waals surface area contributed by atoms with Crippen LogP contribution in [0.15, 0.2) is 0 Å². The highest BCUT2D eigenvalue weighted by molar-refractivity contribution is 6.05. The van der Waals surface area contributed by atoms with Crippen molar-refractivity contribution in [3.05, 3.63) is 0 Å². The van der Waals surface area contributed by atoms with Crippen LogP contribution in [0.3, 0.4) is 0 Å².